The molecule has 0 bridgehead atoms. The van der Waals surface area contributed by atoms with Gasteiger partial charge >= 0.3 is 0 Å². The van der Waals surface area contributed by atoms with E-state index in [1.165, 1.54) is 6.20 Å². The summed E-state index contributed by atoms with van der Waals surface area (Å²) < 4.78 is 0. The van der Waals surface area contributed by atoms with Crippen LogP contribution in [0.2, 0.25) is 0 Å². The molecule has 0 aromatic carbocycles. The van der Waals surface area contributed by atoms with E-state index in [2.05, 4.69) is 10.6 Å². The molecule has 54 valence electrons. The van der Waals surface area contributed by atoms with Gasteiger partial charge in [0.25, 0.3) is 11.8 Å². The fourth-order valence-corrected chi connectivity index (χ4v) is 1.26. The Hall–Kier alpha value is -1.52. The minimum Gasteiger partial charge on any atom is -0.334 e. The molecular weight excluding hydrogens is 143 g/mol. The molecule has 2 rings (SSSR count). The van der Waals surface area contributed by atoms with Crippen LogP contribution < -0.4 is 10.6 Å². The van der Waals surface area contributed by atoms with Crippen LogP contribution in [-0.2, 0) is 9.59 Å². The summed E-state index contributed by atoms with van der Waals surface area (Å²) in [5, 5.41) is 5.02. The van der Waals surface area contributed by atoms with Gasteiger partial charge in [-0.2, -0.15) is 0 Å². The first-order valence-electron chi connectivity index (χ1n) is 3.24. The molecule has 2 amide bonds. The molecule has 4 nitrogen and oxygen atoms in total. The van der Waals surface area contributed by atoms with Gasteiger partial charge in [-0.25, -0.2) is 0 Å². The summed E-state index contributed by atoms with van der Waals surface area (Å²) >= 11 is 0. The van der Waals surface area contributed by atoms with Crippen molar-refractivity contribution in [3.8, 4) is 0 Å². The fourth-order valence-electron chi connectivity index (χ4n) is 1.26. The first-order chi connectivity index (χ1) is 5.20. The molecule has 0 aliphatic carbocycles. The Morgan fingerprint density at radius 1 is 1.27 bits per heavy atom. The van der Waals surface area contributed by atoms with Gasteiger partial charge in [-0.3, -0.25) is 9.59 Å². The van der Waals surface area contributed by atoms with Gasteiger partial charge < -0.3 is 10.6 Å². The van der Waals surface area contributed by atoms with Gasteiger partial charge in [0.15, 0.2) is 7.85 Å². The number of carbonyl (C=O) groups excluding carboxylic acids is 2. The molecule has 0 unspecified atom stereocenters. The van der Waals surface area contributed by atoms with Crippen LogP contribution >= 0.6 is 0 Å². The summed E-state index contributed by atoms with van der Waals surface area (Å²) in [5.41, 5.74) is 1.57. The van der Waals surface area contributed by atoms with Gasteiger partial charge in [-0.05, 0) is 5.60 Å². The van der Waals surface area contributed by atoms with E-state index in [1.54, 1.807) is 7.85 Å². The summed E-state index contributed by atoms with van der Waals surface area (Å²) in [6, 6.07) is 0. The SMILES string of the molecule is BC1=C2C(=O)NC=C2C(=O)N1. The standard InChI is InChI=1S/C6H5BN2O2/c7-4-3-2(5(10)9-4)1-8-6(3)11/h1H,7H2,(H,8,11)(H,9,10). The highest BCUT2D eigenvalue weighted by Crippen LogP contribution is 2.22. The van der Waals surface area contributed by atoms with Crippen molar-refractivity contribution in [2.45, 2.75) is 0 Å². The molecule has 2 aliphatic heterocycles. The lowest BCUT2D eigenvalue weighted by molar-refractivity contribution is -0.117. The van der Waals surface area contributed by atoms with E-state index in [-0.39, 0.29) is 11.8 Å². The van der Waals surface area contributed by atoms with Crippen LogP contribution in [0.5, 0.6) is 0 Å². The first kappa shape index (κ1) is 6.21. The maximum atomic E-state index is 11.0. The lowest BCUT2D eigenvalue weighted by Gasteiger charge is -1.93. The van der Waals surface area contributed by atoms with Crippen molar-refractivity contribution >= 4 is 19.7 Å². The van der Waals surface area contributed by atoms with E-state index in [9.17, 15) is 9.59 Å². The Balaban J connectivity index is 2.57. The lowest BCUT2D eigenvalue weighted by atomic mass is 9.98. The van der Waals surface area contributed by atoms with Crippen molar-refractivity contribution in [1.82, 2.24) is 10.6 Å². The monoisotopic (exact) mass is 148 g/mol. The second-order valence-electron chi connectivity index (χ2n) is 2.49. The van der Waals surface area contributed by atoms with Crippen LogP contribution in [0.1, 0.15) is 0 Å². The lowest BCUT2D eigenvalue weighted by Crippen LogP contribution is -2.18. The molecule has 2 N–H and O–H groups in total. The van der Waals surface area contributed by atoms with E-state index in [0.29, 0.717) is 16.7 Å². The third-order valence-corrected chi connectivity index (χ3v) is 1.76. The summed E-state index contributed by atoms with van der Waals surface area (Å²) in [4.78, 5) is 22.0. The van der Waals surface area contributed by atoms with E-state index >= 15 is 0 Å². The number of nitrogens with one attached hydrogen (secondary N) is 2. The van der Waals surface area contributed by atoms with Crippen molar-refractivity contribution in [2.75, 3.05) is 0 Å². The Morgan fingerprint density at radius 2 is 2.00 bits per heavy atom. The van der Waals surface area contributed by atoms with Gasteiger partial charge in [0.1, 0.15) is 0 Å². The van der Waals surface area contributed by atoms with Crippen molar-refractivity contribution in [2.24, 2.45) is 0 Å². The molecule has 0 spiro atoms. The normalized spacial score (nSPS) is 21.3. The van der Waals surface area contributed by atoms with E-state index < -0.39 is 0 Å². The summed E-state index contributed by atoms with van der Waals surface area (Å²) in [5.74, 6) is -0.397. The molecule has 2 aliphatic rings. The van der Waals surface area contributed by atoms with Gasteiger partial charge in [0.05, 0.1) is 11.1 Å². The summed E-state index contributed by atoms with van der Waals surface area (Å²) in [7, 11) is 1.71. The highest BCUT2D eigenvalue weighted by molar-refractivity contribution is 6.33. The Morgan fingerprint density at radius 3 is 2.64 bits per heavy atom. The Kier molecular flexibility index (Phi) is 0.988. The molecule has 0 saturated carbocycles. The molecule has 0 aromatic rings. The highest BCUT2D eigenvalue weighted by Gasteiger charge is 2.32. The highest BCUT2D eigenvalue weighted by atomic mass is 16.2. The maximum absolute atomic E-state index is 11.0. The van der Waals surface area contributed by atoms with Gasteiger partial charge in [0.2, 0.25) is 0 Å². The number of carbonyl (C=O) groups is 2. The van der Waals surface area contributed by atoms with Crippen LogP contribution in [0, 0.1) is 0 Å². The maximum Gasteiger partial charge on any atom is 0.257 e. The van der Waals surface area contributed by atoms with Crippen LogP contribution in [-0.4, -0.2) is 19.7 Å². The average molecular weight is 148 g/mol. The zero-order chi connectivity index (χ0) is 8.01. The second kappa shape index (κ2) is 1.75. The van der Waals surface area contributed by atoms with E-state index in [1.807, 2.05) is 0 Å². The molecule has 0 fully saturated rings. The number of hydrogen-bond donors (Lipinski definition) is 2. The minimum atomic E-state index is -0.198. The number of amides is 2. The molecule has 5 heteroatoms. The van der Waals surface area contributed by atoms with Gasteiger partial charge in [-0.1, -0.05) is 0 Å². The molecule has 0 saturated heterocycles. The predicted molar refractivity (Wildman–Crippen MR) is 39.9 cm³/mol. The minimum absolute atomic E-state index is 0.198. The molecular formula is C6H5BN2O2. The second-order valence-corrected chi connectivity index (χ2v) is 2.49. The third-order valence-electron chi connectivity index (χ3n) is 1.76. The first-order valence-corrected chi connectivity index (χ1v) is 3.24. The number of hydrogen-bond acceptors (Lipinski definition) is 2. The van der Waals surface area contributed by atoms with Crippen molar-refractivity contribution < 1.29 is 9.59 Å². The smallest absolute Gasteiger partial charge is 0.257 e. The van der Waals surface area contributed by atoms with Gasteiger partial charge in [-0.15, -0.1) is 0 Å². The van der Waals surface area contributed by atoms with E-state index in [0.717, 1.165) is 0 Å². The quantitative estimate of drug-likeness (QED) is 0.389. The fraction of sp³-hybridized carbons (Fsp3) is 0. The number of rotatable bonds is 0. The number of fused-ring (bicyclic) bond motifs is 1. The van der Waals surface area contributed by atoms with Crippen molar-refractivity contribution in [1.29, 1.82) is 0 Å². The molecule has 0 atom stereocenters. The van der Waals surface area contributed by atoms with Gasteiger partial charge in [0, 0.05) is 6.20 Å². The molecule has 2 heterocycles. The van der Waals surface area contributed by atoms with Crippen LogP contribution in [0.15, 0.2) is 22.9 Å². The Labute approximate surface area is 63.7 Å². The zero-order valence-corrected chi connectivity index (χ0v) is 5.89. The summed E-state index contributed by atoms with van der Waals surface area (Å²) in [6.45, 7) is 0. The predicted octanol–water partition coefficient (Wildman–Crippen LogP) is -2.03. The third kappa shape index (κ3) is 0.647. The van der Waals surface area contributed by atoms with Crippen LogP contribution in [0.4, 0.5) is 0 Å². The zero-order valence-electron chi connectivity index (χ0n) is 5.89. The van der Waals surface area contributed by atoms with E-state index in [4.69, 9.17) is 0 Å². The summed E-state index contributed by atoms with van der Waals surface area (Å²) in [6.07, 6.45) is 1.43. The topological polar surface area (TPSA) is 58.2 Å². The van der Waals surface area contributed by atoms with Crippen molar-refractivity contribution in [3.63, 3.8) is 0 Å². The van der Waals surface area contributed by atoms with Crippen LogP contribution in [0.25, 0.3) is 0 Å². The van der Waals surface area contributed by atoms with Crippen molar-refractivity contribution in [3.05, 3.63) is 22.9 Å². The molecule has 0 radical (unpaired) electrons. The largest absolute Gasteiger partial charge is 0.334 e. The average Bonchev–Trinajstić information content (AvgIpc) is 2.41. The van der Waals surface area contributed by atoms with Crippen LogP contribution in [0.3, 0.4) is 0 Å². The Bertz CT molecular complexity index is 329. The molecule has 11 heavy (non-hydrogen) atoms. The molecule has 0 aromatic heterocycles.